The van der Waals surface area contributed by atoms with Crippen molar-refractivity contribution in [2.75, 3.05) is 11.9 Å². The molecule has 0 radical (unpaired) electrons. The summed E-state index contributed by atoms with van der Waals surface area (Å²) in [5.74, 6) is -0.568. The van der Waals surface area contributed by atoms with Crippen molar-refractivity contribution in [3.05, 3.63) is 65.2 Å². The predicted octanol–water partition coefficient (Wildman–Crippen LogP) is 2.89. The Morgan fingerprint density at radius 2 is 1.84 bits per heavy atom. The van der Waals surface area contributed by atoms with Crippen LogP contribution in [-0.2, 0) is 0 Å². The van der Waals surface area contributed by atoms with Crippen molar-refractivity contribution >= 4 is 17.5 Å². The minimum Gasteiger partial charge on any atom is -0.388 e. The van der Waals surface area contributed by atoms with Crippen molar-refractivity contribution in [3.63, 3.8) is 0 Å². The fraction of sp³-hybridized carbons (Fsp3) is 0.300. The first kappa shape index (κ1) is 17.2. The summed E-state index contributed by atoms with van der Waals surface area (Å²) < 4.78 is 0. The van der Waals surface area contributed by atoms with Crippen molar-refractivity contribution in [3.8, 4) is 0 Å². The molecule has 130 valence electrons. The van der Waals surface area contributed by atoms with Crippen LogP contribution in [0.3, 0.4) is 0 Å². The van der Waals surface area contributed by atoms with Crippen LogP contribution in [0, 0.1) is 6.92 Å². The highest BCUT2D eigenvalue weighted by molar-refractivity contribution is 6.09. The van der Waals surface area contributed by atoms with E-state index in [1.807, 2.05) is 19.1 Å². The van der Waals surface area contributed by atoms with Crippen LogP contribution in [0.2, 0.25) is 0 Å². The number of aliphatic hydroxyl groups is 1. The van der Waals surface area contributed by atoms with Gasteiger partial charge in [0.05, 0.1) is 16.9 Å². The molecule has 25 heavy (non-hydrogen) atoms. The number of hydrogen-bond donors (Lipinski definition) is 3. The van der Waals surface area contributed by atoms with Gasteiger partial charge in [-0.1, -0.05) is 29.8 Å². The quantitative estimate of drug-likeness (QED) is 0.784. The molecule has 0 bridgehead atoms. The van der Waals surface area contributed by atoms with Gasteiger partial charge in [-0.2, -0.15) is 0 Å². The van der Waals surface area contributed by atoms with E-state index in [0.29, 0.717) is 29.7 Å². The maximum atomic E-state index is 12.5. The van der Waals surface area contributed by atoms with Crippen molar-refractivity contribution in [2.24, 2.45) is 0 Å². The molecule has 3 N–H and O–H groups in total. The number of para-hydroxylation sites is 1. The molecule has 2 aromatic carbocycles. The van der Waals surface area contributed by atoms with Crippen LogP contribution in [0.1, 0.15) is 45.5 Å². The smallest absolute Gasteiger partial charge is 0.255 e. The molecule has 2 aromatic rings. The van der Waals surface area contributed by atoms with Gasteiger partial charge in [-0.05, 0) is 50.5 Å². The van der Waals surface area contributed by atoms with E-state index in [4.69, 9.17) is 0 Å². The summed E-state index contributed by atoms with van der Waals surface area (Å²) in [6, 6.07) is 14.1. The van der Waals surface area contributed by atoms with Gasteiger partial charge in [0.25, 0.3) is 11.8 Å². The molecule has 0 atom stereocenters. The van der Waals surface area contributed by atoms with E-state index >= 15 is 0 Å². The molecule has 1 aliphatic carbocycles. The van der Waals surface area contributed by atoms with Crippen LogP contribution >= 0.6 is 0 Å². The van der Waals surface area contributed by atoms with Gasteiger partial charge in [0.15, 0.2) is 0 Å². The van der Waals surface area contributed by atoms with Gasteiger partial charge in [-0.25, -0.2) is 0 Å². The summed E-state index contributed by atoms with van der Waals surface area (Å²) in [7, 11) is 0. The molecular formula is C20H22N2O3. The summed E-state index contributed by atoms with van der Waals surface area (Å²) in [6.07, 6.45) is 2.40. The third kappa shape index (κ3) is 4.06. The Hall–Kier alpha value is -2.66. The van der Waals surface area contributed by atoms with Crippen molar-refractivity contribution in [2.45, 2.75) is 31.8 Å². The van der Waals surface area contributed by atoms with E-state index in [2.05, 4.69) is 10.6 Å². The van der Waals surface area contributed by atoms with Crippen molar-refractivity contribution in [1.82, 2.24) is 5.32 Å². The van der Waals surface area contributed by atoms with Gasteiger partial charge in [-0.15, -0.1) is 0 Å². The number of carbonyl (C=O) groups is 2. The number of aryl methyl sites for hydroxylation is 1. The van der Waals surface area contributed by atoms with Crippen LogP contribution in [0.4, 0.5) is 5.69 Å². The normalized spacial score (nSPS) is 15.1. The first-order chi connectivity index (χ1) is 12.0. The number of hydrogen-bond acceptors (Lipinski definition) is 3. The van der Waals surface area contributed by atoms with Crippen LogP contribution in [-0.4, -0.2) is 29.1 Å². The Balaban J connectivity index is 1.72. The molecule has 1 aliphatic rings. The summed E-state index contributed by atoms with van der Waals surface area (Å²) in [5, 5.41) is 15.7. The average molecular weight is 338 g/mol. The number of benzene rings is 2. The highest BCUT2D eigenvalue weighted by atomic mass is 16.3. The topological polar surface area (TPSA) is 78.4 Å². The number of nitrogens with one attached hydrogen (secondary N) is 2. The predicted molar refractivity (Wildman–Crippen MR) is 96.7 cm³/mol. The van der Waals surface area contributed by atoms with E-state index in [1.165, 1.54) is 0 Å². The molecule has 5 heteroatoms. The average Bonchev–Trinajstić information content (AvgIpc) is 2.58. The zero-order valence-electron chi connectivity index (χ0n) is 14.2. The van der Waals surface area contributed by atoms with E-state index in [-0.39, 0.29) is 18.4 Å². The minimum atomic E-state index is -0.782. The van der Waals surface area contributed by atoms with E-state index in [0.717, 1.165) is 12.0 Å². The molecule has 0 heterocycles. The zero-order valence-corrected chi connectivity index (χ0v) is 14.2. The lowest BCUT2D eigenvalue weighted by atomic mass is 9.80. The molecule has 0 aliphatic heterocycles. The molecule has 1 fully saturated rings. The second-order valence-corrected chi connectivity index (χ2v) is 6.63. The van der Waals surface area contributed by atoms with Gasteiger partial charge in [-0.3, -0.25) is 9.59 Å². The monoisotopic (exact) mass is 338 g/mol. The fourth-order valence-corrected chi connectivity index (χ4v) is 2.87. The molecule has 0 aromatic heterocycles. The van der Waals surface area contributed by atoms with Crippen LogP contribution in [0.25, 0.3) is 0 Å². The Labute approximate surface area is 147 Å². The lowest BCUT2D eigenvalue weighted by molar-refractivity contribution is -0.0300. The lowest BCUT2D eigenvalue weighted by Gasteiger charge is -2.36. The summed E-state index contributed by atoms with van der Waals surface area (Å²) in [5.41, 5.74) is 1.58. The third-order valence-corrected chi connectivity index (χ3v) is 4.56. The Morgan fingerprint density at radius 3 is 2.52 bits per heavy atom. The van der Waals surface area contributed by atoms with Gasteiger partial charge in [0, 0.05) is 12.1 Å². The highest BCUT2D eigenvalue weighted by Gasteiger charge is 2.34. The molecule has 3 rings (SSSR count). The standard InChI is InChI=1S/C20H22N2O3/c1-14-6-4-7-15(12-14)18(23)22-17-9-3-2-8-16(17)19(24)21-13-20(25)10-5-11-20/h2-4,6-9,12,25H,5,10-11,13H2,1H3,(H,21,24)(H,22,23). The van der Waals surface area contributed by atoms with E-state index < -0.39 is 5.60 Å². The van der Waals surface area contributed by atoms with E-state index in [1.54, 1.807) is 36.4 Å². The van der Waals surface area contributed by atoms with Crippen LogP contribution in [0.5, 0.6) is 0 Å². The minimum absolute atomic E-state index is 0.228. The molecule has 2 amide bonds. The van der Waals surface area contributed by atoms with Gasteiger partial charge in [0.2, 0.25) is 0 Å². The van der Waals surface area contributed by atoms with Gasteiger partial charge >= 0.3 is 0 Å². The Bertz CT molecular complexity index is 797. The van der Waals surface area contributed by atoms with Crippen molar-refractivity contribution in [1.29, 1.82) is 0 Å². The fourth-order valence-electron chi connectivity index (χ4n) is 2.87. The zero-order chi connectivity index (χ0) is 17.9. The first-order valence-corrected chi connectivity index (χ1v) is 8.44. The molecular weight excluding hydrogens is 316 g/mol. The summed E-state index contributed by atoms with van der Waals surface area (Å²) >= 11 is 0. The molecule has 5 nitrogen and oxygen atoms in total. The lowest BCUT2D eigenvalue weighted by Crippen LogP contribution is -2.47. The number of amides is 2. The number of carbonyl (C=O) groups excluding carboxylic acids is 2. The molecule has 0 spiro atoms. The maximum absolute atomic E-state index is 12.5. The number of anilines is 1. The summed E-state index contributed by atoms with van der Waals surface area (Å²) in [6.45, 7) is 2.15. The van der Waals surface area contributed by atoms with Crippen molar-refractivity contribution < 1.29 is 14.7 Å². The first-order valence-electron chi connectivity index (χ1n) is 8.44. The molecule has 0 unspecified atom stereocenters. The largest absolute Gasteiger partial charge is 0.388 e. The summed E-state index contributed by atoms with van der Waals surface area (Å²) in [4.78, 5) is 24.9. The maximum Gasteiger partial charge on any atom is 0.255 e. The Kier molecular flexibility index (Phi) is 4.86. The third-order valence-electron chi connectivity index (χ3n) is 4.56. The van der Waals surface area contributed by atoms with Crippen LogP contribution in [0.15, 0.2) is 48.5 Å². The second-order valence-electron chi connectivity index (χ2n) is 6.63. The number of rotatable bonds is 5. The highest BCUT2D eigenvalue weighted by Crippen LogP contribution is 2.30. The Morgan fingerprint density at radius 1 is 1.08 bits per heavy atom. The van der Waals surface area contributed by atoms with Crippen LogP contribution < -0.4 is 10.6 Å². The van der Waals surface area contributed by atoms with E-state index in [9.17, 15) is 14.7 Å². The van der Waals surface area contributed by atoms with Gasteiger partial charge in [0.1, 0.15) is 0 Å². The molecule has 1 saturated carbocycles. The SMILES string of the molecule is Cc1cccc(C(=O)Nc2ccccc2C(=O)NCC2(O)CCC2)c1. The second kappa shape index (κ2) is 7.07. The molecule has 0 saturated heterocycles. The van der Waals surface area contributed by atoms with Gasteiger partial charge < -0.3 is 15.7 Å².